The van der Waals surface area contributed by atoms with E-state index in [-0.39, 0.29) is 11.2 Å². The summed E-state index contributed by atoms with van der Waals surface area (Å²) in [7, 11) is 0. The Bertz CT molecular complexity index is 484. The van der Waals surface area contributed by atoms with Gasteiger partial charge >= 0.3 is 0 Å². The van der Waals surface area contributed by atoms with Crippen molar-refractivity contribution in [2.45, 2.75) is 13.3 Å². The zero-order valence-electron chi connectivity index (χ0n) is 8.64. The molecule has 2 rings (SSSR count). The summed E-state index contributed by atoms with van der Waals surface area (Å²) < 4.78 is 0. The van der Waals surface area contributed by atoms with Crippen LogP contribution in [0.2, 0.25) is 5.28 Å². The first kappa shape index (κ1) is 10.8. The van der Waals surface area contributed by atoms with Gasteiger partial charge in [-0.1, -0.05) is 0 Å². The van der Waals surface area contributed by atoms with Gasteiger partial charge in [-0.25, -0.2) is 9.97 Å². The fourth-order valence-corrected chi connectivity index (χ4v) is 1.78. The van der Waals surface area contributed by atoms with Crippen molar-refractivity contribution in [3.8, 4) is 6.07 Å². The lowest BCUT2D eigenvalue weighted by atomic mass is 9.91. The van der Waals surface area contributed by atoms with Crippen LogP contribution in [0.25, 0.3) is 0 Å². The summed E-state index contributed by atoms with van der Waals surface area (Å²) in [6.45, 7) is 2.12. The zero-order chi connectivity index (χ0) is 11.8. The largest absolute Gasteiger partial charge is 0.295 e. The fourth-order valence-electron chi connectivity index (χ4n) is 1.64. The second-order valence-corrected chi connectivity index (χ2v) is 4.17. The summed E-state index contributed by atoms with van der Waals surface area (Å²) in [5.41, 5.74) is -0.947. The molecule has 1 atom stereocenters. The van der Waals surface area contributed by atoms with Gasteiger partial charge in [0.1, 0.15) is 11.2 Å². The van der Waals surface area contributed by atoms with E-state index in [0.29, 0.717) is 18.8 Å². The summed E-state index contributed by atoms with van der Waals surface area (Å²) in [4.78, 5) is 21.1. The van der Waals surface area contributed by atoms with Crippen molar-refractivity contribution < 1.29 is 4.79 Å². The van der Waals surface area contributed by atoms with E-state index in [2.05, 4.69) is 9.97 Å². The monoisotopic (exact) mass is 236 g/mol. The number of aromatic nitrogens is 2. The van der Waals surface area contributed by atoms with Gasteiger partial charge in [0.2, 0.25) is 11.2 Å². The average Bonchev–Trinajstić information content (AvgIpc) is 2.57. The van der Waals surface area contributed by atoms with Gasteiger partial charge in [-0.15, -0.1) is 0 Å². The Morgan fingerprint density at radius 2 is 2.44 bits per heavy atom. The number of carbonyl (C=O) groups excluding carboxylic acids is 1. The third-order valence-electron chi connectivity index (χ3n) is 2.69. The van der Waals surface area contributed by atoms with Crippen LogP contribution >= 0.6 is 11.6 Å². The minimum absolute atomic E-state index is 0.0934. The van der Waals surface area contributed by atoms with Crippen molar-refractivity contribution in [1.82, 2.24) is 9.97 Å². The molecule has 0 bridgehead atoms. The van der Waals surface area contributed by atoms with Crippen molar-refractivity contribution in [2.24, 2.45) is 5.41 Å². The molecule has 0 aromatic carbocycles. The summed E-state index contributed by atoms with van der Waals surface area (Å²) in [6.07, 6.45) is 1.99. The topological polar surface area (TPSA) is 69.9 Å². The summed E-state index contributed by atoms with van der Waals surface area (Å²) >= 11 is 5.65. The Hall–Kier alpha value is -1.67. The molecule has 1 amide bonds. The second kappa shape index (κ2) is 3.72. The number of hydrogen-bond donors (Lipinski definition) is 0. The number of anilines is 1. The molecular formula is C10H9ClN4O. The highest BCUT2D eigenvalue weighted by Crippen LogP contribution is 2.33. The van der Waals surface area contributed by atoms with E-state index in [4.69, 9.17) is 16.9 Å². The van der Waals surface area contributed by atoms with E-state index >= 15 is 0 Å². The minimum Gasteiger partial charge on any atom is -0.295 e. The highest BCUT2D eigenvalue weighted by Gasteiger charge is 2.44. The Morgan fingerprint density at radius 1 is 1.69 bits per heavy atom. The van der Waals surface area contributed by atoms with Crippen molar-refractivity contribution in [1.29, 1.82) is 5.26 Å². The van der Waals surface area contributed by atoms with Crippen LogP contribution in [0, 0.1) is 16.7 Å². The Labute approximate surface area is 97.7 Å². The average molecular weight is 237 g/mol. The molecule has 1 aliphatic heterocycles. The van der Waals surface area contributed by atoms with Gasteiger partial charge in [-0.2, -0.15) is 5.26 Å². The molecule has 0 aliphatic carbocycles. The van der Waals surface area contributed by atoms with Crippen LogP contribution in [0.5, 0.6) is 0 Å². The van der Waals surface area contributed by atoms with E-state index in [0.717, 1.165) is 0 Å². The van der Waals surface area contributed by atoms with Gasteiger partial charge in [0, 0.05) is 12.7 Å². The van der Waals surface area contributed by atoms with Crippen LogP contribution in [0.1, 0.15) is 13.3 Å². The highest BCUT2D eigenvalue weighted by atomic mass is 35.5. The molecule has 0 saturated carbocycles. The number of halogens is 1. The lowest BCUT2D eigenvalue weighted by Crippen LogP contribution is -2.32. The highest BCUT2D eigenvalue weighted by molar-refractivity contribution is 6.28. The van der Waals surface area contributed by atoms with Gasteiger partial charge < -0.3 is 0 Å². The lowest BCUT2D eigenvalue weighted by Gasteiger charge is -2.16. The summed E-state index contributed by atoms with van der Waals surface area (Å²) in [6, 6.07) is 3.64. The fraction of sp³-hybridized carbons (Fsp3) is 0.400. The molecule has 1 aromatic rings. The van der Waals surface area contributed by atoms with Gasteiger partial charge in [0.15, 0.2) is 0 Å². The third-order valence-corrected chi connectivity index (χ3v) is 2.87. The molecular weight excluding hydrogens is 228 g/mol. The van der Waals surface area contributed by atoms with E-state index in [1.807, 2.05) is 6.07 Å². The third kappa shape index (κ3) is 1.61. The smallest absolute Gasteiger partial charge is 0.248 e. The molecule has 16 heavy (non-hydrogen) atoms. The first-order chi connectivity index (χ1) is 7.57. The molecule has 82 valence electrons. The first-order valence-electron chi connectivity index (χ1n) is 4.78. The van der Waals surface area contributed by atoms with Gasteiger partial charge in [-0.3, -0.25) is 9.69 Å². The first-order valence-corrected chi connectivity index (χ1v) is 5.16. The molecule has 1 saturated heterocycles. The van der Waals surface area contributed by atoms with E-state index in [1.54, 1.807) is 13.0 Å². The second-order valence-electron chi connectivity index (χ2n) is 3.83. The SMILES string of the molecule is CC1(C#N)CCN(c2ccnc(Cl)n2)C1=O. The maximum Gasteiger partial charge on any atom is 0.248 e. The van der Waals surface area contributed by atoms with Crippen LogP contribution < -0.4 is 4.90 Å². The Kier molecular flexibility index (Phi) is 2.52. The molecule has 1 unspecified atom stereocenters. The van der Waals surface area contributed by atoms with E-state index in [9.17, 15) is 4.79 Å². The lowest BCUT2D eigenvalue weighted by molar-refractivity contribution is -0.122. The van der Waals surface area contributed by atoms with Crippen LogP contribution in [0.15, 0.2) is 12.3 Å². The van der Waals surface area contributed by atoms with E-state index < -0.39 is 5.41 Å². The molecule has 6 heteroatoms. The molecule has 0 radical (unpaired) electrons. The van der Waals surface area contributed by atoms with Crippen LogP contribution in [-0.2, 0) is 4.79 Å². The number of nitriles is 1. The maximum atomic E-state index is 12.0. The van der Waals surface area contributed by atoms with Crippen LogP contribution in [0.3, 0.4) is 0 Å². The number of nitrogens with zero attached hydrogens (tertiary/aromatic N) is 4. The number of rotatable bonds is 1. The van der Waals surface area contributed by atoms with Gasteiger partial charge in [0.05, 0.1) is 6.07 Å². The maximum absolute atomic E-state index is 12.0. The molecule has 0 spiro atoms. The molecule has 1 aromatic heterocycles. The number of amides is 1. The van der Waals surface area contributed by atoms with Crippen LogP contribution in [-0.4, -0.2) is 22.4 Å². The minimum atomic E-state index is -0.947. The molecule has 5 nitrogen and oxygen atoms in total. The molecule has 1 fully saturated rings. The van der Waals surface area contributed by atoms with Gasteiger partial charge in [0.25, 0.3) is 0 Å². The molecule has 2 heterocycles. The standard InChI is InChI=1S/C10H9ClN4O/c1-10(6-12)3-5-15(8(10)16)7-2-4-13-9(11)14-7/h2,4H,3,5H2,1H3. The predicted molar refractivity (Wildman–Crippen MR) is 57.7 cm³/mol. The van der Waals surface area contributed by atoms with Gasteiger partial charge in [-0.05, 0) is 31.0 Å². The normalized spacial score (nSPS) is 24.6. The quantitative estimate of drug-likeness (QED) is 0.691. The van der Waals surface area contributed by atoms with Crippen molar-refractivity contribution >= 4 is 23.3 Å². The van der Waals surface area contributed by atoms with Crippen molar-refractivity contribution in [2.75, 3.05) is 11.4 Å². The molecule has 1 aliphatic rings. The van der Waals surface area contributed by atoms with E-state index in [1.165, 1.54) is 11.1 Å². The summed E-state index contributed by atoms with van der Waals surface area (Å²) in [5, 5.41) is 9.05. The number of carbonyl (C=O) groups is 1. The van der Waals surface area contributed by atoms with Crippen molar-refractivity contribution in [3.05, 3.63) is 17.5 Å². The van der Waals surface area contributed by atoms with Crippen LogP contribution in [0.4, 0.5) is 5.82 Å². The Balaban J connectivity index is 2.33. The predicted octanol–water partition coefficient (Wildman–Crippen LogP) is 1.40. The zero-order valence-corrected chi connectivity index (χ0v) is 9.40. The van der Waals surface area contributed by atoms with Crippen molar-refractivity contribution in [3.63, 3.8) is 0 Å². The molecule has 0 N–H and O–H groups in total. The summed E-state index contributed by atoms with van der Waals surface area (Å²) in [5.74, 6) is 0.216. The number of hydrogen-bond acceptors (Lipinski definition) is 4. The Morgan fingerprint density at radius 3 is 3.00 bits per heavy atom.